The molecular formula is C8H10N2O2S. The molecule has 1 aliphatic rings. The highest BCUT2D eigenvalue weighted by molar-refractivity contribution is 7.99. The normalized spacial score (nSPS) is 22.0. The van der Waals surface area contributed by atoms with E-state index in [1.807, 2.05) is 0 Å². The summed E-state index contributed by atoms with van der Waals surface area (Å²) in [6, 6.07) is 1.41. The van der Waals surface area contributed by atoms with Crippen LogP contribution in [0, 0.1) is 0 Å². The van der Waals surface area contributed by atoms with Gasteiger partial charge in [0.05, 0.1) is 6.61 Å². The molecule has 1 aromatic rings. The minimum absolute atomic E-state index is 0.101. The van der Waals surface area contributed by atoms with Crippen LogP contribution >= 0.6 is 11.8 Å². The first-order valence-electron chi connectivity index (χ1n) is 4.14. The number of ether oxygens (including phenoxy) is 1. The molecule has 2 rings (SSSR count). The third-order valence-corrected chi connectivity index (χ3v) is 2.95. The van der Waals surface area contributed by atoms with Gasteiger partial charge >= 0.3 is 0 Å². The molecule has 0 amide bonds. The number of hydrogen-bond donors (Lipinski definition) is 1. The lowest BCUT2D eigenvalue weighted by Gasteiger charge is -2.04. The lowest BCUT2D eigenvalue weighted by Crippen LogP contribution is -2.08. The monoisotopic (exact) mass is 198 g/mol. The zero-order valence-electron chi connectivity index (χ0n) is 7.03. The molecule has 0 radical (unpaired) electrons. The number of H-pyrrole nitrogens is 1. The van der Waals surface area contributed by atoms with Crippen molar-refractivity contribution in [1.29, 1.82) is 0 Å². The summed E-state index contributed by atoms with van der Waals surface area (Å²) < 4.78 is 5.22. The molecule has 1 fully saturated rings. The summed E-state index contributed by atoms with van der Waals surface area (Å²) in [5.41, 5.74) is -0.101. The summed E-state index contributed by atoms with van der Waals surface area (Å²) in [5, 5.41) is 1.12. The highest BCUT2D eigenvalue weighted by Gasteiger charge is 2.17. The van der Waals surface area contributed by atoms with Crippen molar-refractivity contribution in [3.63, 3.8) is 0 Å². The van der Waals surface area contributed by atoms with E-state index in [0.717, 1.165) is 19.6 Å². The average Bonchev–Trinajstić information content (AvgIpc) is 2.57. The Hall–Kier alpha value is -0.810. The number of thioether (sulfide) groups is 1. The first-order chi connectivity index (χ1) is 6.34. The van der Waals surface area contributed by atoms with Gasteiger partial charge in [-0.15, -0.1) is 0 Å². The number of hydrogen-bond acceptors (Lipinski definition) is 4. The summed E-state index contributed by atoms with van der Waals surface area (Å²) in [5.74, 6) is 0. The maximum absolute atomic E-state index is 10.9. The molecule has 5 heteroatoms. The Morgan fingerprint density at radius 3 is 3.31 bits per heavy atom. The molecule has 0 saturated carbocycles. The van der Waals surface area contributed by atoms with Crippen LogP contribution in [0.1, 0.15) is 6.42 Å². The standard InChI is InChI=1S/C8H10N2O2S/c11-7-1-3-9-8(10-7)13-6-2-4-12-5-6/h1,3,6H,2,4-5H2,(H,9,10,11). The van der Waals surface area contributed by atoms with Gasteiger partial charge in [0.2, 0.25) is 0 Å². The van der Waals surface area contributed by atoms with Crippen molar-refractivity contribution in [3.8, 4) is 0 Å². The third kappa shape index (κ3) is 2.32. The highest BCUT2D eigenvalue weighted by atomic mass is 32.2. The van der Waals surface area contributed by atoms with Crippen molar-refractivity contribution in [2.75, 3.05) is 13.2 Å². The first kappa shape index (κ1) is 8.77. The SMILES string of the molecule is O=c1ccnc(SC2CCOC2)[nH]1. The van der Waals surface area contributed by atoms with Crippen molar-refractivity contribution in [2.24, 2.45) is 0 Å². The molecule has 2 heterocycles. The molecule has 1 atom stereocenters. The van der Waals surface area contributed by atoms with Crippen LogP contribution in [0.5, 0.6) is 0 Å². The van der Waals surface area contributed by atoms with Crippen molar-refractivity contribution in [1.82, 2.24) is 9.97 Å². The summed E-state index contributed by atoms with van der Waals surface area (Å²) in [6.45, 7) is 1.57. The predicted molar refractivity (Wildman–Crippen MR) is 49.9 cm³/mol. The van der Waals surface area contributed by atoms with Crippen molar-refractivity contribution in [3.05, 3.63) is 22.6 Å². The van der Waals surface area contributed by atoms with Crippen molar-refractivity contribution in [2.45, 2.75) is 16.8 Å². The second-order valence-electron chi connectivity index (χ2n) is 2.84. The van der Waals surface area contributed by atoms with Crippen LogP contribution in [0.15, 0.2) is 22.2 Å². The molecular weight excluding hydrogens is 188 g/mol. The van der Waals surface area contributed by atoms with E-state index >= 15 is 0 Å². The molecule has 1 saturated heterocycles. The lowest BCUT2D eigenvalue weighted by atomic mass is 10.4. The summed E-state index contributed by atoms with van der Waals surface area (Å²) in [4.78, 5) is 17.7. The molecule has 0 aliphatic carbocycles. The Morgan fingerprint density at radius 1 is 1.69 bits per heavy atom. The average molecular weight is 198 g/mol. The van der Waals surface area contributed by atoms with Gasteiger partial charge in [-0.25, -0.2) is 4.98 Å². The van der Waals surface area contributed by atoms with Gasteiger partial charge in [0.25, 0.3) is 5.56 Å². The number of aromatic amines is 1. The fourth-order valence-corrected chi connectivity index (χ4v) is 2.15. The number of nitrogens with one attached hydrogen (secondary N) is 1. The topological polar surface area (TPSA) is 55.0 Å². The quantitative estimate of drug-likeness (QED) is 0.709. The van der Waals surface area contributed by atoms with E-state index in [1.165, 1.54) is 12.3 Å². The molecule has 1 unspecified atom stereocenters. The van der Waals surface area contributed by atoms with E-state index in [1.54, 1.807) is 11.8 Å². The molecule has 0 spiro atoms. The number of aromatic nitrogens is 2. The van der Waals surface area contributed by atoms with Gasteiger partial charge in [-0.1, -0.05) is 11.8 Å². The Kier molecular flexibility index (Phi) is 2.65. The lowest BCUT2D eigenvalue weighted by molar-refractivity contribution is 0.199. The highest BCUT2D eigenvalue weighted by Crippen LogP contribution is 2.24. The van der Waals surface area contributed by atoms with Crippen LogP contribution in [0.2, 0.25) is 0 Å². The van der Waals surface area contributed by atoms with Crippen LogP contribution in [0.3, 0.4) is 0 Å². The zero-order chi connectivity index (χ0) is 9.10. The Labute approximate surface area is 79.7 Å². The van der Waals surface area contributed by atoms with E-state index < -0.39 is 0 Å². The Balaban J connectivity index is 2.04. The molecule has 1 aromatic heterocycles. The molecule has 0 aromatic carbocycles. The van der Waals surface area contributed by atoms with Crippen LogP contribution in [0.4, 0.5) is 0 Å². The Morgan fingerprint density at radius 2 is 2.62 bits per heavy atom. The van der Waals surface area contributed by atoms with E-state index in [-0.39, 0.29) is 5.56 Å². The van der Waals surface area contributed by atoms with Crippen LogP contribution in [-0.2, 0) is 4.74 Å². The summed E-state index contributed by atoms with van der Waals surface area (Å²) in [7, 11) is 0. The third-order valence-electron chi connectivity index (χ3n) is 1.81. The number of nitrogens with zero attached hydrogens (tertiary/aromatic N) is 1. The predicted octanol–water partition coefficient (Wildman–Crippen LogP) is 0.651. The summed E-state index contributed by atoms with van der Waals surface area (Å²) >= 11 is 1.57. The zero-order valence-corrected chi connectivity index (χ0v) is 7.84. The molecule has 70 valence electrons. The fraction of sp³-hybridized carbons (Fsp3) is 0.500. The van der Waals surface area contributed by atoms with Crippen LogP contribution in [0.25, 0.3) is 0 Å². The molecule has 4 nitrogen and oxygen atoms in total. The molecule has 1 aliphatic heterocycles. The van der Waals surface area contributed by atoms with Gasteiger partial charge in [0.15, 0.2) is 5.16 Å². The van der Waals surface area contributed by atoms with E-state index in [9.17, 15) is 4.79 Å². The summed E-state index contributed by atoms with van der Waals surface area (Å²) in [6.07, 6.45) is 2.56. The van der Waals surface area contributed by atoms with E-state index in [2.05, 4.69) is 9.97 Å². The smallest absolute Gasteiger partial charge is 0.251 e. The second kappa shape index (κ2) is 3.93. The minimum Gasteiger partial charge on any atom is -0.380 e. The van der Waals surface area contributed by atoms with E-state index in [0.29, 0.717) is 10.4 Å². The van der Waals surface area contributed by atoms with Crippen LogP contribution < -0.4 is 5.56 Å². The van der Waals surface area contributed by atoms with Gasteiger partial charge < -0.3 is 9.72 Å². The molecule has 0 bridgehead atoms. The first-order valence-corrected chi connectivity index (χ1v) is 5.02. The Bertz CT molecular complexity index is 333. The minimum atomic E-state index is -0.101. The van der Waals surface area contributed by atoms with Crippen molar-refractivity contribution >= 4 is 11.8 Å². The van der Waals surface area contributed by atoms with E-state index in [4.69, 9.17) is 4.74 Å². The second-order valence-corrected chi connectivity index (χ2v) is 4.13. The molecule has 1 N–H and O–H groups in total. The largest absolute Gasteiger partial charge is 0.380 e. The van der Waals surface area contributed by atoms with Gasteiger partial charge in [-0.3, -0.25) is 4.79 Å². The molecule has 13 heavy (non-hydrogen) atoms. The van der Waals surface area contributed by atoms with Crippen LogP contribution in [-0.4, -0.2) is 28.4 Å². The van der Waals surface area contributed by atoms with Crippen molar-refractivity contribution < 1.29 is 4.74 Å². The maximum atomic E-state index is 10.9. The van der Waals surface area contributed by atoms with Gasteiger partial charge in [-0.05, 0) is 6.42 Å². The fourth-order valence-electron chi connectivity index (χ4n) is 1.18. The van der Waals surface area contributed by atoms with Gasteiger partial charge in [0.1, 0.15) is 0 Å². The number of rotatable bonds is 2. The van der Waals surface area contributed by atoms with Gasteiger partial charge in [-0.2, -0.15) is 0 Å². The maximum Gasteiger partial charge on any atom is 0.251 e. The van der Waals surface area contributed by atoms with Gasteiger partial charge in [0, 0.05) is 24.1 Å².